The summed E-state index contributed by atoms with van der Waals surface area (Å²) in [7, 11) is 0. The molecule has 1 aromatic carbocycles. The molecule has 4 fully saturated rings. The first-order chi connectivity index (χ1) is 11.5. The second-order valence-electron chi connectivity index (χ2n) is 9.36. The molecule has 2 N–H and O–H groups in total. The summed E-state index contributed by atoms with van der Waals surface area (Å²) < 4.78 is 0. The Labute approximate surface area is 147 Å². The van der Waals surface area contributed by atoms with Crippen molar-refractivity contribution in [1.82, 2.24) is 5.32 Å². The molecule has 4 aliphatic carbocycles. The summed E-state index contributed by atoms with van der Waals surface area (Å²) in [5.41, 5.74) is 1.44. The van der Waals surface area contributed by atoms with Crippen LogP contribution in [0.3, 0.4) is 0 Å². The summed E-state index contributed by atoms with van der Waals surface area (Å²) in [5, 5.41) is 14.9. The predicted molar refractivity (Wildman–Crippen MR) is 98.9 cm³/mol. The molecule has 0 radical (unpaired) electrons. The average Bonchev–Trinajstić information content (AvgIpc) is 2.51. The van der Waals surface area contributed by atoms with Crippen LogP contribution in [0.15, 0.2) is 30.3 Å². The molecular weight excluding hydrogens is 294 g/mol. The third kappa shape index (κ3) is 3.15. The fourth-order valence-electron chi connectivity index (χ4n) is 6.51. The molecule has 0 aliphatic heterocycles. The van der Waals surface area contributed by atoms with Crippen LogP contribution in [0, 0.1) is 17.3 Å². The van der Waals surface area contributed by atoms with Crippen molar-refractivity contribution in [2.24, 2.45) is 17.3 Å². The molecule has 0 amide bonds. The topological polar surface area (TPSA) is 32.3 Å². The Bertz CT molecular complexity index is 555. The van der Waals surface area contributed by atoms with Gasteiger partial charge < -0.3 is 10.4 Å². The lowest BCUT2D eigenvalue weighted by atomic mass is 9.46. The van der Waals surface area contributed by atoms with Crippen LogP contribution >= 0.6 is 0 Å². The Kier molecular flexibility index (Phi) is 4.25. The van der Waals surface area contributed by atoms with E-state index in [2.05, 4.69) is 49.5 Å². The van der Waals surface area contributed by atoms with E-state index in [0.29, 0.717) is 17.5 Å². The molecule has 5 rings (SSSR count). The fourth-order valence-corrected chi connectivity index (χ4v) is 6.51. The van der Waals surface area contributed by atoms with Crippen molar-refractivity contribution in [3.8, 4) is 0 Å². The highest BCUT2D eigenvalue weighted by Gasteiger charge is 2.58. The maximum atomic E-state index is 11.0. The van der Waals surface area contributed by atoms with Gasteiger partial charge in [-0.1, -0.05) is 30.3 Å². The highest BCUT2D eigenvalue weighted by Crippen LogP contribution is 2.62. The smallest absolute Gasteiger partial charge is 0.0659 e. The van der Waals surface area contributed by atoms with Crippen molar-refractivity contribution in [3.05, 3.63) is 35.9 Å². The lowest BCUT2D eigenvalue weighted by Gasteiger charge is -2.62. The molecule has 4 aliphatic rings. The highest BCUT2D eigenvalue weighted by molar-refractivity contribution is 5.15. The molecule has 0 saturated heterocycles. The number of rotatable bonds is 6. The van der Waals surface area contributed by atoms with Crippen molar-refractivity contribution < 1.29 is 5.11 Å². The van der Waals surface area contributed by atoms with Crippen molar-refractivity contribution in [3.63, 3.8) is 0 Å². The van der Waals surface area contributed by atoms with Gasteiger partial charge in [-0.05, 0) is 88.0 Å². The summed E-state index contributed by atoms with van der Waals surface area (Å²) in [6.07, 6.45) is 9.55. The maximum absolute atomic E-state index is 11.0. The van der Waals surface area contributed by atoms with E-state index in [1.54, 1.807) is 0 Å². The van der Waals surface area contributed by atoms with Gasteiger partial charge in [0.2, 0.25) is 0 Å². The lowest BCUT2D eigenvalue weighted by molar-refractivity contribution is -0.172. The van der Waals surface area contributed by atoms with E-state index < -0.39 is 0 Å². The number of benzene rings is 1. The molecule has 2 heteroatoms. The van der Waals surface area contributed by atoms with E-state index in [1.807, 2.05) is 0 Å². The Morgan fingerprint density at radius 1 is 1.08 bits per heavy atom. The Morgan fingerprint density at radius 2 is 1.75 bits per heavy atom. The van der Waals surface area contributed by atoms with Gasteiger partial charge >= 0.3 is 0 Å². The van der Waals surface area contributed by atoms with Gasteiger partial charge in [0.1, 0.15) is 0 Å². The minimum absolute atomic E-state index is 0.340. The molecule has 4 atom stereocenters. The zero-order valence-electron chi connectivity index (χ0n) is 15.3. The lowest BCUT2D eigenvalue weighted by Crippen LogP contribution is -2.61. The second kappa shape index (κ2) is 6.14. The van der Waals surface area contributed by atoms with Crippen molar-refractivity contribution in [2.75, 3.05) is 0 Å². The summed E-state index contributed by atoms with van der Waals surface area (Å²) >= 11 is 0. The van der Waals surface area contributed by atoms with Crippen LogP contribution in [-0.2, 0) is 6.42 Å². The van der Waals surface area contributed by atoms with Crippen LogP contribution in [0.1, 0.15) is 64.4 Å². The standard InChI is InChI=1S/C22H33NO/c1-16(8-9-18-6-4-3-5-7-18)23-17(2)21-11-19-10-20(12-21)14-22(24,13-19)15-21/h3-7,16-17,19-20,23-24H,8-15H2,1-2H3. The van der Waals surface area contributed by atoms with Gasteiger partial charge in [0.25, 0.3) is 0 Å². The van der Waals surface area contributed by atoms with E-state index in [0.717, 1.165) is 37.5 Å². The maximum Gasteiger partial charge on any atom is 0.0659 e. The van der Waals surface area contributed by atoms with E-state index in [4.69, 9.17) is 0 Å². The van der Waals surface area contributed by atoms with Crippen molar-refractivity contribution >= 4 is 0 Å². The minimum Gasteiger partial charge on any atom is -0.390 e. The van der Waals surface area contributed by atoms with Gasteiger partial charge in [0.05, 0.1) is 5.60 Å². The Hall–Kier alpha value is -0.860. The van der Waals surface area contributed by atoms with E-state index in [-0.39, 0.29) is 5.60 Å². The first-order valence-electron chi connectivity index (χ1n) is 9.99. The van der Waals surface area contributed by atoms with E-state index >= 15 is 0 Å². The third-order valence-electron chi connectivity index (χ3n) is 7.24. The van der Waals surface area contributed by atoms with E-state index in [9.17, 15) is 5.11 Å². The van der Waals surface area contributed by atoms with Gasteiger partial charge in [-0.2, -0.15) is 0 Å². The largest absolute Gasteiger partial charge is 0.390 e. The van der Waals surface area contributed by atoms with Crippen LogP contribution < -0.4 is 5.32 Å². The van der Waals surface area contributed by atoms with Crippen molar-refractivity contribution in [2.45, 2.75) is 82.9 Å². The van der Waals surface area contributed by atoms with Crippen molar-refractivity contribution in [1.29, 1.82) is 0 Å². The highest BCUT2D eigenvalue weighted by atomic mass is 16.3. The number of hydrogen-bond donors (Lipinski definition) is 2. The monoisotopic (exact) mass is 327 g/mol. The van der Waals surface area contributed by atoms with Gasteiger partial charge in [0.15, 0.2) is 0 Å². The predicted octanol–water partition coefficient (Wildman–Crippen LogP) is 4.32. The molecular formula is C22H33NO. The number of aliphatic hydroxyl groups is 1. The van der Waals surface area contributed by atoms with E-state index in [1.165, 1.54) is 31.2 Å². The third-order valence-corrected chi connectivity index (χ3v) is 7.24. The zero-order chi connectivity index (χ0) is 16.8. The van der Waals surface area contributed by atoms with Crippen LogP contribution in [0.25, 0.3) is 0 Å². The van der Waals surface area contributed by atoms with Gasteiger partial charge in [-0.25, -0.2) is 0 Å². The van der Waals surface area contributed by atoms with Crippen LogP contribution in [0.5, 0.6) is 0 Å². The Morgan fingerprint density at radius 3 is 2.38 bits per heavy atom. The van der Waals surface area contributed by atoms with Crippen LogP contribution in [0.2, 0.25) is 0 Å². The summed E-state index contributed by atoms with van der Waals surface area (Å²) in [5.74, 6) is 1.56. The molecule has 0 heterocycles. The van der Waals surface area contributed by atoms with Gasteiger partial charge in [-0.15, -0.1) is 0 Å². The summed E-state index contributed by atoms with van der Waals surface area (Å²) in [4.78, 5) is 0. The zero-order valence-corrected chi connectivity index (χ0v) is 15.3. The Balaban J connectivity index is 1.36. The molecule has 0 aromatic heterocycles. The molecule has 4 unspecified atom stereocenters. The first-order valence-corrected chi connectivity index (χ1v) is 9.99. The van der Waals surface area contributed by atoms with Crippen LogP contribution in [0.4, 0.5) is 0 Å². The number of nitrogens with one attached hydrogen (secondary N) is 1. The molecule has 2 nitrogen and oxygen atoms in total. The summed E-state index contributed by atoms with van der Waals surface area (Å²) in [6, 6.07) is 11.8. The first kappa shape index (κ1) is 16.6. The molecule has 4 saturated carbocycles. The molecule has 4 bridgehead atoms. The molecule has 132 valence electrons. The number of hydrogen-bond acceptors (Lipinski definition) is 2. The second-order valence-corrected chi connectivity index (χ2v) is 9.36. The summed E-state index contributed by atoms with van der Waals surface area (Å²) in [6.45, 7) is 4.71. The number of aryl methyl sites for hydroxylation is 1. The van der Waals surface area contributed by atoms with Gasteiger partial charge in [0, 0.05) is 12.1 Å². The molecule has 0 spiro atoms. The quantitative estimate of drug-likeness (QED) is 0.815. The minimum atomic E-state index is -0.340. The SMILES string of the molecule is CC(CCc1ccccc1)NC(C)C12CC3CC(CC(O)(C3)C1)C2. The van der Waals surface area contributed by atoms with Gasteiger partial charge in [-0.3, -0.25) is 0 Å². The molecule has 24 heavy (non-hydrogen) atoms. The van der Waals surface area contributed by atoms with Crippen LogP contribution in [-0.4, -0.2) is 22.8 Å². The average molecular weight is 328 g/mol. The fraction of sp³-hybridized carbons (Fsp3) is 0.727. The normalized spacial score (nSPS) is 39.8. The molecule has 1 aromatic rings.